The summed E-state index contributed by atoms with van der Waals surface area (Å²) in [6.07, 6.45) is 3.22. The fourth-order valence-corrected chi connectivity index (χ4v) is 2.24. The van der Waals surface area contributed by atoms with Crippen LogP contribution in [0.2, 0.25) is 0 Å². The number of nitrogens with one attached hydrogen (secondary N) is 1. The van der Waals surface area contributed by atoms with Crippen LogP contribution in [0.3, 0.4) is 0 Å². The highest BCUT2D eigenvalue weighted by molar-refractivity contribution is 7.80. The number of aryl methyl sites for hydroxylation is 2. The number of benzene rings is 1. The summed E-state index contributed by atoms with van der Waals surface area (Å²) in [5.41, 5.74) is 9.38. The van der Waals surface area contributed by atoms with Gasteiger partial charge >= 0.3 is 0 Å². The molecule has 0 unspecified atom stereocenters. The van der Waals surface area contributed by atoms with Crippen molar-refractivity contribution in [1.29, 1.82) is 0 Å². The number of hydrogen-bond acceptors (Lipinski definition) is 3. The Kier molecular flexibility index (Phi) is 4.10. The van der Waals surface area contributed by atoms with Crippen molar-refractivity contribution in [2.75, 3.05) is 5.32 Å². The van der Waals surface area contributed by atoms with Crippen molar-refractivity contribution in [3.05, 3.63) is 58.9 Å². The number of pyridine rings is 1. The van der Waals surface area contributed by atoms with E-state index >= 15 is 0 Å². The lowest BCUT2D eigenvalue weighted by atomic mass is 10.1. The fraction of sp³-hybridized carbons (Fsp3) is 0.133. The molecule has 4 nitrogen and oxygen atoms in total. The molecule has 2 rings (SSSR count). The number of hydrogen-bond donors (Lipinski definition) is 2. The SMILES string of the molecule is Cc1cncc(C(=O)Nc2cccc(C)c2C(N)=S)c1. The number of nitrogens with zero attached hydrogens (tertiary/aromatic N) is 1. The van der Waals surface area contributed by atoms with Gasteiger partial charge in [-0.1, -0.05) is 24.4 Å². The van der Waals surface area contributed by atoms with Gasteiger partial charge in [-0.05, 0) is 37.1 Å². The van der Waals surface area contributed by atoms with Crippen LogP contribution in [0.25, 0.3) is 0 Å². The molecular weight excluding hydrogens is 270 g/mol. The predicted octanol–water partition coefficient (Wildman–Crippen LogP) is 2.58. The quantitative estimate of drug-likeness (QED) is 0.851. The van der Waals surface area contributed by atoms with Gasteiger partial charge in [-0.15, -0.1) is 0 Å². The average Bonchev–Trinajstić information content (AvgIpc) is 2.38. The van der Waals surface area contributed by atoms with Crippen LogP contribution in [0.5, 0.6) is 0 Å². The van der Waals surface area contributed by atoms with Crippen molar-refractivity contribution in [3.8, 4) is 0 Å². The van der Waals surface area contributed by atoms with Gasteiger partial charge in [0.1, 0.15) is 4.99 Å². The lowest BCUT2D eigenvalue weighted by Gasteiger charge is -2.12. The number of rotatable bonds is 3. The molecule has 1 aromatic heterocycles. The number of amides is 1. The van der Waals surface area contributed by atoms with E-state index in [1.807, 2.05) is 26.0 Å². The molecule has 0 spiro atoms. The van der Waals surface area contributed by atoms with Crippen molar-refractivity contribution < 1.29 is 4.79 Å². The van der Waals surface area contributed by atoms with E-state index in [-0.39, 0.29) is 10.9 Å². The largest absolute Gasteiger partial charge is 0.389 e. The van der Waals surface area contributed by atoms with Crippen molar-refractivity contribution in [1.82, 2.24) is 4.98 Å². The molecule has 0 saturated carbocycles. The van der Waals surface area contributed by atoms with Gasteiger partial charge in [-0.3, -0.25) is 9.78 Å². The maximum absolute atomic E-state index is 12.2. The van der Waals surface area contributed by atoms with E-state index in [0.717, 1.165) is 11.1 Å². The predicted molar refractivity (Wildman–Crippen MR) is 84.0 cm³/mol. The minimum atomic E-state index is -0.232. The van der Waals surface area contributed by atoms with Gasteiger partial charge < -0.3 is 11.1 Å². The molecule has 1 heterocycles. The number of aromatic nitrogens is 1. The molecule has 0 radical (unpaired) electrons. The van der Waals surface area contributed by atoms with Gasteiger partial charge in [0.2, 0.25) is 0 Å². The number of anilines is 1. The molecule has 102 valence electrons. The summed E-state index contributed by atoms with van der Waals surface area (Å²) in [7, 11) is 0. The lowest BCUT2D eigenvalue weighted by Crippen LogP contribution is -2.19. The zero-order chi connectivity index (χ0) is 14.7. The van der Waals surface area contributed by atoms with Gasteiger partial charge in [-0.2, -0.15) is 0 Å². The highest BCUT2D eigenvalue weighted by Gasteiger charge is 2.12. The van der Waals surface area contributed by atoms with E-state index in [0.29, 0.717) is 16.8 Å². The monoisotopic (exact) mass is 285 g/mol. The van der Waals surface area contributed by atoms with E-state index in [9.17, 15) is 4.79 Å². The summed E-state index contributed by atoms with van der Waals surface area (Å²) in [5.74, 6) is -0.232. The Bertz CT molecular complexity index is 683. The molecule has 0 fully saturated rings. The van der Waals surface area contributed by atoms with Crippen LogP contribution in [0.1, 0.15) is 27.0 Å². The highest BCUT2D eigenvalue weighted by atomic mass is 32.1. The highest BCUT2D eigenvalue weighted by Crippen LogP contribution is 2.20. The molecule has 0 aliphatic heterocycles. The van der Waals surface area contributed by atoms with Crippen LogP contribution in [-0.4, -0.2) is 15.9 Å². The van der Waals surface area contributed by atoms with Crippen LogP contribution in [-0.2, 0) is 0 Å². The van der Waals surface area contributed by atoms with Gasteiger partial charge in [-0.25, -0.2) is 0 Å². The molecule has 1 amide bonds. The molecule has 0 atom stereocenters. The van der Waals surface area contributed by atoms with Crippen LogP contribution >= 0.6 is 12.2 Å². The van der Waals surface area contributed by atoms with Gasteiger partial charge in [0.15, 0.2) is 0 Å². The van der Waals surface area contributed by atoms with E-state index in [1.165, 1.54) is 6.20 Å². The average molecular weight is 285 g/mol. The minimum absolute atomic E-state index is 0.232. The molecule has 0 aliphatic carbocycles. The number of thiocarbonyl (C=S) groups is 1. The summed E-state index contributed by atoms with van der Waals surface area (Å²) in [6.45, 7) is 3.79. The van der Waals surface area contributed by atoms with Crippen molar-refractivity contribution in [2.45, 2.75) is 13.8 Å². The van der Waals surface area contributed by atoms with E-state index in [2.05, 4.69) is 10.3 Å². The first kappa shape index (κ1) is 14.1. The Morgan fingerprint density at radius 3 is 2.70 bits per heavy atom. The Morgan fingerprint density at radius 2 is 2.05 bits per heavy atom. The first-order valence-electron chi connectivity index (χ1n) is 6.11. The summed E-state index contributed by atoms with van der Waals surface area (Å²) >= 11 is 5.04. The number of carbonyl (C=O) groups is 1. The molecule has 0 saturated heterocycles. The third-order valence-corrected chi connectivity index (χ3v) is 3.11. The summed E-state index contributed by atoms with van der Waals surface area (Å²) in [6, 6.07) is 7.31. The summed E-state index contributed by atoms with van der Waals surface area (Å²) in [5, 5.41) is 2.83. The van der Waals surface area contributed by atoms with E-state index < -0.39 is 0 Å². The molecule has 0 aliphatic rings. The Hall–Kier alpha value is -2.27. The number of nitrogens with two attached hydrogens (primary N) is 1. The zero-order valence-electron chi connectivity index (χ0n) is 11.3. The molecule has 20 heavy (non-hydrogen) atoms. The normalized spacial score (nSPS) is 10.1. The minimum Gasteiger partial charge on any atom is -0.389 e. The first-order valence-corrected chi connectivity index (χ1v) is 6.52. The molecular formula is C15H15N3OS. The van der Waals surface area contributed by atoms with Crippen LogP contribution in [0, 0.1) is 13.8 Å². The second-order valence-corrected chi connectivity index (χ2v) is 5.01. The summed E-state index contributed by atoms with van der Waals surface area (Å²) < 4.78 is 0. The van der Waals surface area contributed by atoms with E-state index in [4.69, 9.17) is 18.0 Å². The van der Waals surface area contributed by atoms with E-state index in [1.54, 1.807) is 18.3 Å². The van der Waals surface area contributed by atoms with Crippen molar-refractivity contribution >= 4 is 28.8 Å². The third kappa shape index (κ3) is 3.00. The first-order chi connectivity index (χ1) is 9.49. The van der Waals surface area contributed by atoms with Crippen LogP contribution in [0.15, 0.2) is 36.7 Å². The maximum atomic E-state index is 12.2. The van der Waals surface area contributed by atoms with Gasteiger partial charge in [0, 0.05) is 18.0 Å². The van der Waals surface area contributed by atoms with Gasteiger partial charge in [0.05, 0.1) is 11.3 Å². The lowest BCUT2D eigenvalue weighted by molar-refractivity contribution is 0.102. The van der Waals surface area contributed by atoms with Gasteiger partial charge in [0.25, 0.3) is 5.91 Å². The fourth-order valence-electron chi connectivity index (χ4n) is 1.97. The van der Waals surface area contributed by atoms with Crippen LogP contribution < -0.4 is 11.1 Å². The molecule has 0 bridgehead atoms. The maximum Gasteiger partial charge on any atom is 0.257 e. The standard InChI is InChI=1S/C15H15N3OS/c1-9-6-11(8-17-7-9)15(19)18-12-5-3-4-10(2)13(12)14(16)20/h3-8H,1-2H3,(H2,16,20)(H,18,19). The Morgan fingerprint density at radius 1 is 1.30 bits per heavy atom. The molecule has 3 N–H and O–H groups in total. The van der Waals surface area contributed by atoms with Crippen molar-refractivity contribution in [2.24, 2.45) is 5.73 Å². The van der Waals surface area contributed by atoms with Crippen molar-refractivity contribution in [3.63, 3.8) is 0 Å². The summed E-state index contributed by atoms with van der Waals surface area (Å²) in [4.78, 5) is 16.5. The third-order valence-electron chi connectivity index (χ3n) is 2.90. The Balaban J connectivity index is 2.33. The molecule has 1 aromatic carbocycles. The Labute approximate surface area is 123 Å². The second-order valence-electron chi connectivity index (χ2n) is 4.57. The smallest absolute Gasteiger partial charge is 0.257 e. The van der Waals surface area contributed by atoms with Crippen LogP contribution in [0.4, 0.5) is 5.69 Å². The number of carbonyl (C=O) groups excluding carboxylic acids is 1. The molecule has 2 aromatic rings. The zero-order valence-corrected chi connectivity index (χ0v) is 12.1. The second kappa shape index (κ2) is 5.79. The topological polar surface area (TPSA) is 68.0 Å². The molecule has 5 heteroatoms.